The molecule has 21 heavy (non-hydrogen) atoms. The van der Waals surface area contributed by atoms with Crippen LogP contribution in [0.25, 0.3) is 0 Å². The number of carbonyl (C=O) groups is 2. The number of aromatic nitrogens is 2. The van der Waals surface area contributed by atoms with Crippen LogP contribution in [0.4, 0.5) is 9.93 Å². The fourth-order valence-electron chi connectivity index (χ4n) is 2.52. The van der Waals surface area contributed by atoms with Crippen molar-refractivity contribution in [3.63, 3.8) is 0 Å². The minimum atomic E-state index is -0.841. The second-order valence-electron chi connectivity index (χ2n) is 5.14. The van der Waals surface area contributed by atoms with Gasteiger partial charge in [0.1, 0.15) is 5.01 Å². The van der Waals surface area contributed by atoms with Gasteiger partial charge in [0, 0.05) is 6.04 Å². The number of nitrogens with one attached hydrogen (secondary N) is 2. The van der Waals surface area contributed by atoms with Gasteiger partial charge < -0.3 is 10.4 Å². The van der Waals surface area contributed by atoms with Gasteiger partial charge in [0.05, 0.1) is 5.92 Å². The van der Waals surface area contributed by atoms with Crippen molar-refractivity contribution < 1.29 is 14.7 Å². The molecule has 2 atom stereocenters. The number of nitrogens with zero attached hydrogens (tertiary/aromatic N) is 2. The van der Waals surface area contributed by atoms with Gasteiger partial charge in [-0.25, -0.2) is 4.79 Å². The molecule has 0 aliphatic heterocycles. The van der Waals surface area contributed by atoms with Gasteiger partial charge >= 0.3 is 12.0 Å². The van der Waals surface area contributed by atoms with Crippen LogP contribution < -0.4 is 10.6 Å². The second kappa shape index (κ2) is 7.35. The van der Waals surface area contributed by atoms with E-state index in [-0.39, 0.29) is 6.04 Å². The number of urea groups is 1. The van der Waals surface area contributed by atoms with Gasteiger partial charge in [-0.15, -0.1) is 10.2 Å². The van der Waals surface area contributed by atoms with Gasteiger partial charge in [0.15, 0.2) is 0 Å². The van der Waals surface area contributed by atoms with Gasteiger partial charge in [0.2, 0.25) is 5.13 Å². The smallest absolute Gasteiger partial charge is 0.321 e. The van der Waals surface area contributed by atoms with Crippen molar-refractivity contribution in [2.45, 2.75) is 51.5 Å². The Morgan fingerprint density at radius 2 is 2.05 bits per heavy atom. The lowest BCUT2D eigenvalue weighted by atomic mass is 9.95. The predicted molar refractivity (Wildman–Crippen MR) is 79.4 cm³/mol. The van der Waals surface area contributed by atoms with Crippen LogP contribution in [0, 0.1) is 5.92 Å². The van der Waals surface area contributed by atoms with E-state index in [2.05, 4.69) is 20.8 Å². The molecule has 1 fully saturated rings. The topological polar surface area (TPSA) is 104 Å². The zero-order valence-electron chi connectivity index (χ0n) is 12.0. The highest BCUT2D eigenvalue weighted by molar-refractivity contribution is 7.15. The van der Waals surface area contributed by atoms with Crippen molar-refractivity contribution >= 4 is 28.5 Å². The van der Waals surface area contributed by atoms with Crippen LogP contribution in [0.5, 0.6) is 0 Å². The van der Waals surface area contributed by atoms with Gasteiger partial charge in [0.25, 0.3) is 0 Å². The summed E-state index contributed by atoms with van der Waals surface area (Å²) in [5, 5.41) is 23.8. The normalized spacial score (nSPS) is 22.3. The van der Waals surface area contributed by atoms with E-state index in [0.717, 1.165) is 30.7 Å². The van der Waals surface area contributed by atoms with E-state index in [9.17, 15) is 14.7 Å². The molecule has 7 nitrogen and oxygen atoms in total. The SMILES string of the molecule is CCc1nnc(NC(=O)NC2CCCCCC2C(=O)O)s1. The van der Waals surface area contributed by atoms with Crippen LogP contribution in [0.1, 0.15) is 44.0 Å². The molecule has 1 aliphatic rings. The first-order valence-corrected chi connectivity index (χ1v) is 8.04. The van der Waals surface area contributed by atoms with Crippen molar-refractivity contribution in [1.29, 1.82) is 0 Å². The maximum atomic E-state index is 12.0. The lowest BCUT2D eigenvalue weighted by Crippen LogP contribution is -2.44. The Morgan fingerprint density at radius 3 is 2.71 bits per heavy atom. The molecule has 2 rings (SSSR count). The summed E-state index contributed by atoms with van der Waals surface area (Å²) in [5.74, 6) is -1.36. The molecule has 0 aromatic carbocycles. The highest BCUT2D eigenvalue weighted by atomic mass is 32.1. The molecular formula is C13H20N4O3S. The molecule has 1 heterocycles. The standard InChI is InChI=1S/C13H20N4O3S/c1-2-10-16-17-13(21-10)15-12(20)14-9-7-5-3-4-6-8(9)11(18)19/h8-9H,2-7H2,1H3,(H,18,19)(H2,14,15,17,20). The molecule has 0 radical (unpaired) electrons. The minimum Gasteiger partial charge on any atom is -0.481 e. The summed E-state index contributed by atoms with van der Waals surface area (Å²) in [6, 6.07) is -0.740. The van der Waals surface area contributed by atoms with Crippen LogP contribution >= 0.6 is 11.3 Å². The summed E-state index contributed by atoms with van der Waals surface area (Å²) in [5.41, 5.74) is 0. The molecule has 2 amide bonds. The molecule has 116 valence electrons. The van der Waals surface area contributed by atoms with Crippen molar-refractivity contribution in [2.75, 3.05) is 5.32 Å². The van der Waals surface area contributed by atoms with Crippen LogP contribution in [0.3, 0.4) is 0 Å². The Bertz CT molecular complexity index is 505. The Labute approximate surface area is 127 Å². The molecule has 0 saturated heterocycles. The zero-order valence-corrected chi connectivity index (χ0v) is 12.8. The number of carboxylic acid groups (broad SMARTS) is 1. The van der Waals surface area contributed by atoms with Crippen molar-refractivity contribution in [3.05, 3.63) is 5.01 Å². The van der Waals surface area contributed by atoms with E-state index in [1.54, 1.807) is 0 Å². The maximum absolute atomic E-state index is 12.0. The van der Waals surface area contributed by atoms with Crippen molar-refractivity contribution in [2.24, 2.45) is 5.92 Å². The fraction of sp³-hybridized carbons (Fsp3) is 0.692. The summed E-state index contributed by atoms with van der Waals surface area (Å²) < 4.78 is 0. The third-order valence-electron chi connectivity index (χ3n) is 3.64. The van der Waals surface area contributed by atoms with Gasteiger partial charge in [-0.1, -0.05) is 37.5 Å². The number of anilines is 1. The average molecular weight is 312 g/mol. The third-order valence-corrected chi connectivity index (χ3v) is 4.62. The molecule has 0 bridgehead atoms. The third kappa shape index (κ3) is 4.38. The summed E-state index contributed by atoms with van der Waals surface area (Å²) in [6.45, 7) is 1.97. The van der Waals surface area contributed by atoms with E-state index < -0.39 is 17.9 Å². The molecule has 3 N–H and O–H groups in total. The zero-order chi connectivity index (χ0) is 15.2. The van der Waals surface area contributed by atoms with Gasteiger partial charge in [-0.05, 0) is 19.3 Å². The van der Waals surface area contributed by atoms with Crippen LogP contribution in [-0.4, -0.2) is 33.3 Å². The first kappa shape index (κ1) is 15.7. The molecule has 8 heteroatoms. The summed E-state index contributed by atoms with van der Waals surface area (Å²) in [4.78, 5) is 23.3. The summed E-state index contributed by atoms with van der Waals surface area (Å²) >= 11 is 1.32. The molecule has 1 aromatic rings. The Balaban J connectivity index is 1.94. The second-order valence-corrected chi connectivity index (χ2v) is 6.20. The van der Waals surface area contributed by atoms with E-state index in [4.69, 9.17) is 0 Å². The number of amides is 2. The Morgan fingerprint density at radius 1 is 1.29 bits per heavy atom. The maximum Gasteiger partial charge on any atom is 0.321 e. The van der Waals surface area contributed by atoms with E-state index in [0.29, 0.717) is 18.0 Å². The molecule has 1 saturated carbocycles. The van der Waals surface area contributed by atoms with Crippen LogP contribution in [0.15, 0.2) is 0 Å². The number of aryl methyl sites for hydroxylation is 1. The molecular weight excluding hydrogens is 292 g/mol. The number of carbonyl (C=O) groups excluding carboxylic acids is 1. The number of rotatable bonds is 4. The highest BCUT2D eigenvalue weighted by Crippen LogP contribution is 2.24. The van der Waals surface area contributed by atoms with Crippen LogP contribution in [-0.2, 0) is 11.2 Å². The lowest BCUT2D eigenvalue weighted by molar-refractivity contribution is -0.142. The Kier molecular flexibility index (Phi) is 5.49. The largest absolute Gasteiger partial charge is 0.481 e. The predicted octanol–water partition coefficient (Wildman–Crippen LogP) is 2.26. The molecule has 2 unspecified atom stereocenters. The van der Waals surface area contributed by atoms with Gasteiger partial charge in [-0.2, -0.15) is 0 Å². The summed E-state index contributed by atoms with van der Waals surface area (Å²) in [6.07, 6.45) is 4.92. The van der Waals surface area contributed by atoms with E-state index >= 15 is 0 Å². The molecule has 1 aromatic heterocycles. The van der Waals surface area contributed by atoms with Gasteiger partial charge in [-0.3, -0.25) is 10.1 Å². The quantitative estimate of drug-likeness (QED) is 0.740. The first-order chi connectivity index (χ1) is 10.1. The van der Waals surface area contributed by atoms with E-state index in [1.165, 1.54) is 11.3 Å². The van der Waals surface area contributed by atoms with E-state index in [1.807, 2.05) is 6.92 Å². The fourth-order valence-corrected chi connectivity index (χ4v) is 3.20. The van der Waals surface area contributed by atoms with Crippen LogP contribution in [0.2, 0.25) is 0 Å². The minimum absolute atomic E-state index is 0.330. The van der Waals surface area contributed by atoms with Crippen molar-refractivity contribution in [3.8, 4) is 0 Å². The Hall–Kier alpha value is -1.70. The molecule has 1 aliphatic carbocycles. The number of aliphatic carboxylic acids is 1. The first-order valence-electron chi connectivity index (χ1n) is 7.23. The monoisotopic (exact) mass is 312 g/mol. The lowest BCUT2D eigenvalue weighted by Gasteiger charge is -2.22. The molecule has 0 spiro atoms. The number of hydrogen-bond donors (Lipinski definition) is 3. The van der Waals surface area contributed by atoms with Crippen molar-refractivity contribution in [1.82, 2.24) is 15.5 Å². The number of hydrogen-bond acceptors (Lipinski definition) is 5. The highest BCUT2D eigenvalue weighted by Gasteiger charge is 2.30. The number of carboxylic acids is 1. The summed E-state index contributed by atoms with van der Waals surface area (Å²) in [7, 11) is 0. The average Bonchev–Trinajstić information content (AvgIpc) is 2.75.